The van der Waals surface area contributed by atoms with Crippen molar-refractivity contribution in [2.75, 3.05) is 5.32 Å². The quantitative estimate of drug-likeness (QED) is 0.394. The zero-order chi connectivity index (χ0) is 21.4. The number of nitrogens with zero attached hydrogens (tertiary/aromatic N) is 3. The van der Waals surface area contributed by atoms with Crippen LogP contribution in [0.1, 0.15) is 65.4 Å². The maximum Gasteiger partial charge on any atom is 0.195 e. The van der Waals surface area contributed by atoms with E-state index in [1.165, 1.54) is 11.9 Å². The highest BCUT2D eigenvalue weighted by Crippen LogP contribution is 2.30. The van der Waals surface area contributed by atoms with Crippen LogP contribution in [0.5, 0.6) is 0 Å². The average Bonchev–Trinajstić information content (AvgIpc) is 3.09. The summed E-state index contributed by atoms with van der Waals surface area (Å²) in [7, 11) is 5.39. The van der Waals surface area contributed by atoms with Gasteiger partial charge in [-0.05, 0) is 63.8 Å². The zero-order valence-corrected chi connectivity index (χ0v) is 18.7. The summed E-state index contributed by atoms with van der Waals surface area (Å²) in [6, 6.07) is 8.31. The molecule has 1 aromatic carbocycles. The van der Waals surface area contributed by atoms with Gasteiger partial charge in [0.25, 0.3) is 0 Å². The smallest absolute Gasteiger partial charge is 0.195 e. The Kier molecular flexibility index (Phi) is 8.88. The van der Waals surface area contributed by atoms with Gasteiger partial charge in [-0.2, -0.15) is 10.4 Å². The summed E-state index contributed by atoms with van der Waals surface area (Å²) in [6.07, 6.45) is 4.54. The molecule has 0 amide bonds. The predicted molar refractivity (Wildman–Crippen MR) is 121 cm³/mol. The third-order valence-corrected chi connectivity index (χ3v) is 5.73. The summed E-state index contributed by atoms with van der Waals surface area (Å²) in [6.45, 7) is 8.51. The van der Waals surface area contributed by atoms with Crippen molar-refractivity contribution in [3.05, 3.63) is 23.8 Å². The highest BCUT2D eigenvalue weighted by Gasteiger charge is 2.34. The summed E-state index contributed by atoms with van der Waals surface area (Å²) in [5.74, 6) is 0.103. The Hall–Kier alpha value is -1.69. The van der Waals surface area contributed by atoms with E-state index in [1.54, 1.807) is 0 Å². The van der Waals surface area contributed by atoms with Crippen molar-refractivity contribution in [1.29, 1.82) is 5.26 Å². The molecule has 0 saturated carbocycles. The fourth-order valence-corrected chi connectivity index (χ4v) is 4.08. The zero-order valence-electron chi connectivity index (χ0n) is 17.9. The van der Waals surface area contributed by atoms with Gasteiger partial charge in [0.05, 0.1) is 18.2 Å². The molecular formula is C21H32BN5OS. The molecular weight excluding hydrogens is 381 g/mol. The molecule has 1 heterocycles. The lowest BCUT2D eigenvalue weighted by atomic mass is 9.97. The molecule has 0 aliphatic carbocycles. The van der Waals surface area contributed by atoms with Crippen LogP contribution in [-0.4, -0.2) is 35.5 Å². The van der Waals surface area contributed by atoms with Gasteiger partial charge in [-0.3, -0.25) is 5.01 Å². The second-order valence-electron chi connectivity index (χ2n) is 8.40. The number of aliphatic hydroxyl groups is 1. The molecule has 29 heavy (non-hydrogen) atoms. The SMILES string of the molecule is [B]NSc1ccc(NC2CC(CCC(C#N)CCC)=NN2C(C)(C)C)cc1CO. The van der Waals surface area contributed by atoms with Crippen LogP contribution < -0.4 is 9.95 Å². The van der Waals surface area contributed by atoms with Gasteiger partial charge in [0.1, 0.15) is 6.17 Å². The first-order chi connectivity index (χ1) is 13.8. The van der Waals surface area contributed by atoms with Crippen LogP contribution in [0.4, 0.5) is 5.69 Å². The van der Waals surface area contributed by atoms with Crippen molar-refractivity contribution in [2.24, 2.45) is 11.0 Å². The number of nitrogens with one attached hydrogen (secondary N) is 2. The minimum absolute atomic E-state index is 0.0365. The lowest BCUT2D eigenvalue weighted by Gasteiger charge is -2.36. The van der Waals surface area contributed by atoms with E-state index in [2.05, 4.69) is 48.7 Å². The Morgan fingerprint density at radius 2 is 2.17 bits per heavy atom. The molecule has 0 spiro atoms. The number of aliphatic hydroxyl groups excluding tert-OH is 1. The molecule has 0 saturated heterocycles. The number of hydrogen-bond donors (Lipinski definition) is 3. The summed E-state index contributed by atoms with van der Waals surface area (Å²) in [4.78, 5) is 0.898. The molecule has 1 aromatic rings. The first kappa shape index (κ1) is 23.6. The van der Waals surface area contributed by atoms with Gasteiger partial charge in [-0.1, -0.05) is 25.3 Å². The summed E-state index contributed by atoms with van der Waals surface area (Å²) in [5, 5.41) is 29.6. The molecule has 2 rings (SSSR count). The fourth-order valence-electron chi connectivity index (χ4n) is 3.57. The number of nitriles is 1. The van der Waals surface area contributed by atoms with Crippen LogP contribution in [0.2, 0.25) is 0 Å². The second kappa shape index (κ2) is 10.9. The van der Waals surface area contributed by atoms with E-state index in [1.807, 2.05) is 18.2 Å². The van der Waals surface area contributed by atoms with Crippen LogP contribution in [-0.2, 0) is 6.61 Å². The third kappa shape index (κ3) is 6.66. The minimum atomic E-state index is -0.128. The molecule has 3 N–H and O–H groups in total. The van der Waals surface area contributed by atoms with Crippen molar-refractivity contribution in [1.82, 2.24) is 9.64 Å². The van der Waals surface area contributed by atoms with Crippen LogP contribution in [0.25, 0.3) is 0 Å². The normalized spacial score (nSPS) is 17.7. The summed E-state index contributed by atoms with van der Waals surface area (Å²) < 4.78 is 2.56. The number of hydrogen-bond acceptors (Lipinski definition) is 7. The molecule has 1 aliphatic rings. The molecule has 2 atom stereocenters. The molecule has 0 bridgehead atoms. The van der Waals surface area contributed by atoms with Crippen molar-refractivity contribution in [2.45, 2.75) is 83.0 Å². The first-order valence-electron chi connectivity index (χ1n) is 10.2. The Labute approximate surface area is 180 Å². The van der Waals surface area contributed by atoms with Crippen molar-refractivity contribution >= 4 is 31.3 Å². The fraction of sp³-hybridized carbons (Fsp3) is 0.619. The van der Waals surface area contributed by atoms with Crippen LogP contribution in [0.3, 0.4) is 0 Å². The van der Waals surface area contributed by atoms with Crippen molar-refractivity contribution in [3.63, 3.8) is 0 Å². The van der Waals surface area contributed by atoms with E-state index < -0.39 is 0 Å². The van der Waals surface area contributed by atoms with E-state index in [4.69, 9.17) is 13.1 Å². The molecule has 8 heteroatoms. The number of benzene rings is 1. The van der Waals surface area contributed by atoms with Gasteiger partial charge in [-0.15, -0.1) is 0 Å². The van der Waals surface area contributed by atoms with Gasteiger partial charge in [0.15, 0.2) is 7.98 Å². The van der Waals surface area contributed by atoms with Crippen LogP contribution in [0.15, 0.2) is 28.2 Å². The first-order valence-corrected chi connectivity index (χ1v) is 11.0. The van der Waals surface area contributed by atoms with Crippen LogP contribution in [0, 0.1) is 17.2 Å². The largest absolute Gasteiger partial charge is 0.392 e. The molecule has 6 nitrogen and oxygen atoms in total. The van der Waals surface area contributed by atoms with Gasteiger partial charge < -0.3 is 15.1 Å². The second-order valence-corrected chi connectivity index (χ2v) is 9.28. The monoisotopic (exact) mass is 413 g/mol. The highest BCUT2D eigenvalue weighted by atomic mass is 32.2. The lowest BCUT2D eigenvalue weighted by molar-refractivity contribution is 0.118. The van der Waals surface area contributed by atoms with Crippen LogP contribution >= 0.6 is 11.9 Å². The molecule has 0 fully saturated rings. The molecule has 156 valence electrons. The van der Waals surface area contributed by atoms with E-state index in [-0.39, 0.29) is 24.2 Å². The Morgan fingerprint density at radius 1 is 1.41 bits per heavy atom. The maximum atomic E-state index is 9.67. The van der Waals surface area contributed by atoms with E-state index >= 15 is 0 Å². The Balaban J connectivity index is 2.11. The van der Waals surface area contributed by atoms with Gasteiger partial charge >= 0.3 is 0 Å². The Morgan fingerprint density at radius 3 is 2.76 bits per heavy atom. The highest BCUT2D eigenvalue weighted by molar-refractivity contribution is 7.98. The molecule has 0 aromatic heterocycles. The minimum Gasteiger partial charge on any atom is -0.392 e. The van der Waals surface area contributed by atoms with Crippen molar-refractivity contribution < 1.29 is 5.11 Å². The van der Waals surface area contributed by atoms with Gasteiger partial charge in [-0.25, -0.2) is 0 Å². The van der Waals surface area contributed by atoms with Gasteiger partial charge in [0, 0.05) is 28.6 Å². The maximum absolute atomic E-state index is 9.67. The molecule has 2 unspecified atom stereocenters. The predicted octanol–water partition coefficient (Wildman–Crippen LogP) is 4.18. The summed E-state index contributed by atoms with van der Waals surface area (Å²) in [5.41, 5.74) is 2.76. The number of hydrazone groups is 1. The summed E-state index contributed by atoms with van der Waals surface area (Å²) >= 11 is 1.28. The average molecular weight is 413 g/mol. The molecule has 2 radical (unpaired) electrons. The van der Waals surface area contributed by atoms with E-state index in [9.17, 15) is 10.4 Å². The number of rotatable bonds is 10. The topological polar surface area (TPSA) is 83.7 Å². The standard InChI is InChI=1S/C21H32BN5OS/c1-5-6-15(13-23)7-8-18-12-20(27(25-18)21(2,3)4)24-17-9-10-19(29-26-22)16(11-17)14-28/h9-11,15,20,24,26,28H,5-8,12,14H2,1-4H3. The third-order valence-electron chi connectivity index (χ3n) is 4.99. The molecule has 1 aliphatic heterocycles. The van der Waals surface area contributed by atoms with Crippen molar-refractivity contribution in [3.8, 4) is 6.07 Å². The van der Waals surface area contributed by atoms with E-state index in [0.717, 1.165) is 54.0 Å². The van der Waals surface area contributed by atoms with E-state index in [0.29, 0.717) is 0 Å². The van der Waals surface area contributed by atoms with Gasteiger partial charge in [0.2, 0.25) is 0 Å². The Bertz CT molecular complexity index is 744. The number of anilines is 1. The lowest BCUT2D eigenvalue weighted by Crippen LogP contribution is -2.45.